The van der Waals surface area contributed by atoms with Crippen molar-refractivity contribution in [2.45, 2.75) is 26.1 Å². The zero-order valence-electron chi connectivity index (χ0n) is 18.5. The molecular weight excluding hydrogens is 482 g/mol. The molecule has 180 valence electrons. The highest BCUT2D eigenvalue weighted by atomic mass is 35.5. The number of benzene rings is 2. The highest BCUT2D eigenvalue weighted by molar-refractivity contribution is 6.36. The Hall–Kier alpha value is -2.62. The summed E-state index contributed by atoms with van der Waals surface area (Å²) >= 11 is 11.8. The zero-order chi connectivity index (χ0) is 25.0. The first kappa shape index (κ1) is 28.4. The fourth-order valence-electron chi connectivity index (χ4n) is 2.64. The number of oxime groups is 2. The Morgan fingerprint density at radius 3 is 2.24 bits per heavy atom. The van der Waals surface area contributed by atoms with Gasteiger partial charge in [0.2, 0.25) is 0 Å². The van der Waals surface area contributed by atoms with Crippen molar-refractivity contribution in [3.8, 4) is 0 Å². The monoisotopic (exact) mass is 505 g/mol. The van der Waals surface area contributed by atoms with E-state index in [0.29, 0.717) is 17.4 Å². The molecule has 0 amide bonds. The molecule has 0 aliphatic heterocycles. The molecule has 0 heterocycles. The average molecular weight is 506 g/mol. The van der Waals surface area contributed by atoms with E-state index in [1.54, 1.807) is 25.1 Å². The van der Waals surface area contributed by atoms with Crippen LogP contribution in [0.25, 0.3) is 0 Å². The summed E-state index contributed by atoms with van der Waals surface area (Å²) in [6, 6.07) is 9.11. The number of nitrogens with zero attached hydrogens (tertiary/aromatic N) is 2. The molecule has 2 aromatic rings. The second-order valence-corrected chi connectivity index (χ2v) is 7.51. The maximum absolute atomic E-state index is 13.0. The molecule has 0 aliphatic rings. The first-order chi connectivity index (χ1) is 15.6. The summed E-state index contributed by atoms with van der Waals surface area (Å²) in [5.41, 5.74) is 1.40. The number of carbonyl (C=O) groups is 1. The van der Waals surface area contributed by atoms with Crippen molar-refractivity contribution in [3.05, 3.63) is 68.7 Å². The Labute approximate surface area is 200 Å². The van der Waals surface area contributed by atoms with Crippen LogP contribution in [0.2, 0.25) is 10.0 Å². The number of aldehydes is 1. The maximum Gasteiger partial charge on any atom is 0.394 e. The smallest absolute Gasteiger partial charge is 0.394 e. The van der Waals surface area contributed by atoms with E-state index in [2.05, 4.69) is 20.5 Å². The third-order valence-corrected chi connectivity index (χ3v) is 4.37. The normalized spacial score (nSPS) is 12.0. The summed E-state index contributed by atoms with van der Waals surface area (Å²) < 4.78 is 39.1. The molecule has 0 saturated heterocycles. The van der Waals surface area contributed by atoms with Gasteiger partial charge in [0.15, 0.2) is 6.29 Å². The fourth-order valence-corrected chi connectivity index (χ4v) is 3.16. The fraction of sp³-hybridized carbons (Fsp3) is 0.318. The Bertz CT molecular complexity index is 976. The van der Waals surface area contributed by atoms with Gasteiger partial charge in [-0.3, -0.25) is 4.79 Å². The van der Waals surface area contributed by atoms with Gasteiger partial charge >= 0.3 is 6.18 Å². The van der Waals surface area contributed by atoms with Gasteiger partial charge in [0.25, 0.3) is 0 Å². The molecule has 0 radical (unpaired) electrons. The predicted octanol–water partition coefficient (Wildman–Crippen LogP) is 5.56. The Balaban J connectivity index is 0.00000172. The lowest BCUT2D eigenvalue weighted by Crippen LogP contribution is -2.17. The van der Waals surface area contributed by atoms with Gasteiger partial charge in [0.05, 0.1) is 12.1 Å². The van der Waals surface area contributed by atoms with Crippen LogP contribution >= 0.6 is 23.2 Å². The standard InChI is InChI=1S/C20H17Cl2F3N2O3.C2H7N/c1-12-4-3-5-16(19(10-28)26-29-2)17(12)11-30-27-18(9-20(23,24)25)13-6-14(21)8-15(22)7-13;1-3-2/h3-8,10H,9,11H2,1-2H3;3H,1-2H3/b26-19-,27-18+;. The second kappa shape index (κ2) is 13.8. The van der Waals surface area contributed by atoms with Crippen LogP contribution in [0.1, 0.15) is 28.7 Å². The molecule has 0 spiro atoms. The number of nitrogens with one attached hydrogen (secondary N) is 1. The van der Waals surface area contributed by atoms with E-state index in [4.69, 9.17) is 28.0 Å². The quantitative estimate of drug-likeness (QED) is 0.289. The van der Waals surface area contributed by atoms with Gasteiger partial charge < -0.3 is 15.0 Å². The van der Waals surface area contributed by atoms with E-state index < -0.39 is 12.6 Å². The van der Waals surface area contributed by atoms with E-state index >= 15 is 0 Å². The molecule has 6 nitrogen and oxygen atoms in total. The van der Waals surface area contributed by atoms with Crippen molar-refractivity contribution >= 4 is 40.9 Å². The van der Waals surface area contributed by atoms with Crippen LogP contribution in [0.15, 0.2) is 46.7 Å². The van der Waals surface area contributed by atoms with E-state index in [1.807, 2.05) is 14.1 Å². The van der Waals surface area contributed by atoms with Crippen molar-refractivity contribution < 1.29 is 27.6 Å². The molecule has 0 fully saturated rings. The maximum atomic E-state index is 13.0. The van der Waals surface area contributed by atoms with E-state index in [9.17, 15) is 18.0 Å². The molecule has 33 heavy (non-hydrogen) atoms. The number of carbonyl (C=O) groups excluding carboxylic acids is 1. The number of hydrogen-bond donors (Lipinski definition) is 1. The number of rotatable bonds is 8. The lowest BCUT2D eigenvalue weighted by Gasteiger charge is -2.13. The van der Waals surface area contributed by atoms with Gasteiger partial charge in [-0.15, -0.1) is 0 Å². The van der Waals surface area contributed by atoms with Crippen LogP contribution in [-0.4, -0.2) is 45.1 Å². The van der Waals surface area contributed by atoms with Crippen LogP contribution in [0.3, 0.4) is 0 Å². The molecule has 0 aliphatic carbocycles. The van der Waals surface area contributed by atoms with Crippen LogP contribution in [0, 0.1) is 6.92 Å². The minimum absolute atomic E-state index is 0.0147. The average Bonchev–Trinajstić information content (AvgIpc) is 2.71. The molecule has 0 aromatic heterocycles. The third-order valence-electron chi connectivity index (χ3n) is 3.93. The Morgan fingerprint density at radius 1 is 1.12 bits per heavy atom. The summed E-state index contributed by atoms with van der Waals surface area (Å²) in [6.45, 7) is 1.56. The van der Waals surface area contributed by atoms with Gasteiger partial charge in [-0.25, -0.2) is 0 Å². The molecule has 0 atom stereocenters. The first-order valence-corrected chi connectivity index (χ1v) is 10.3. The number of alkyl halides is 3. The molecule has 0 saturated carbocycles. The predicted molar refractivity (Wildman–Crippen MR) is 124 cm³/mol. The number of aryl methyl sites for hydroxylation is 1. The van der Waals surface area contributed by atoms with Crippen molar-refractivity contribution in [2.75, 3.05) is 21.2 Å². The van der Waals surface area contributed by atoms with Crippen molar-refractivity contribution in [2.24, 2.45) is 10.3 Å². The summed E-state index contributed by atoms with van der Waals surface area (Å²) in [5.74, 6) is 0. The van der Waals surface area contributed by atoms with Crippen molar-refractivity contribution in [1.82, 2.24) is 5.32 Å². The van der Waals surface area contributed by atoms with Gasteiger partial charge in [0, 0.05) is 26.7 Å². The van der Waals surface area contributed by atoms with Crippen molar-refractivity contribution in [1.29, 1.82) is 0 Å². The van der Waals surface area contributed by atoms with Gasteiger partial charge in [-0.05, 0) is 44.8 Å². The minimum atomic E-state index is -4.53. The van der Waals surface area contributed by atoms with Crippen LogP contribution in [-0.2, 0) is 21.1 Å². The lowest BCUT2D eigenvalue weighted by molar-refractivity contribution is -0.121. The Morgan fingerprint density at radius 2 is 1.73 bits per heavy atom. The molecule has 1 N–H and O–H groups in total. The van der Waals surface area contributed by atoms with Crippen LogP contribution in [0.4, 0.5) is 13.2 Å². The highest BCUT2D eigenvalue weighted by Crippen LogP contribution is 2.26. The van der Waals surface area contributed by atoms with Gasteiger partial charge in [0.1, 0.15) is 19.4 Å². The summed E-state index contributed by atoms with van der Waals surface area (Å²) in [4.78, 5) is 21.2. The second-order valence-electron chi connectivity index (χ2n) is 6.64. The molecule has 11 heteroatoms. The van der Waals surface area contributed by atoms with Crippen LogP contribution in [0.5, 0.6) is 0 Å². The molecule has 2 aromatic carbocycles. The largest absolute Gasteiger partial charge is 0.399 e. The number of hydrogen-bond acceptors (Lipinski definition) is 6. The first-order valence-electron chi connectivity index (χ1n) is 9.52. The SMILES string of the molecule is CNC.CO/N=C(/C=O)c1cccc(C)c1CO/N=C(\CC(F)(F)F)c1cc(Cl)cc(Cl)c1. The molecular formula is C22H24Cl2F3N3O3. The lowest BCUT2D eigenvalue weighted by atomic mass is 9.99. The van der Waals surface area contributed by atoms with Gasteiger partial charge in [-0.1, -0.05) is 51.7 Å². The van der Waals surface area contributed by atoms with Crippen LogP contribution < -0.4 is 5.32 Å². The van der Waals surface area contributed by atoms with Crippen molar-refractivity contribution in [3.63, 3.8) is 0 Å². The summed E-state index contributed by atoms with van der Waals surface area (Å²) in [7, 11) is 5.04. The topological polar surface area (TPSA) is 72.3 Å². The van der Waals surface area contributed by atoms with E-state index in [0.717, 1.165) is 5.56 Å². The summed E-state index contributed by atoms with van der Waals surface area (Å²) in [5, 5.41) is 10.4. The highest BCUT2D eigenvalue weighted by Gasteiger charge is 2.31. The molecule has 0 bridgehead atoms. The minimum Gasteiger partial charge on any atom is -0.399 e. The summed E-state index contributed by atoms with van der Waals surface area (Å²) in [6.07, 6.45) is -5.36. The van der Waals surface area contributed by atoms with E-state index in [1.165, 1.54) is 25.3 Å². The van der Waals surface area contributed by atoms with Gasteiger partial charge in [-0.2, -0.15) is 13.2 Å². The zero-order valence-corrected chi connectivity index (χ0v) is 20.0. The molecule has 0 unspecified atom stereocenters. The third kappa shape index (κ3) is 9.81. The van der Waals surface area contributed by atoms with E-state index in [-0.39, 0.29) is 33.6 Å². The molecule has 2 rings (SSSR count). The Kier molecular flexibility index (Phi) is 11.9. The number of halogens is 5.